The van der Waals surface area contributed by atoms with Crippen LogP contribution in [0.3, 0.4) is 0 Å². The molecule has 0 saturated heterocycles. The van der Waals surface area contributed by atoms with E-state index in [-0.39, 0.29) is 17.4 Å². The number of benzene rings is 1. The molecule has 0 fully saturated rings. The number of hydrogen-bond donors (Lipinski definition) is 1. The highest BCUT2D eigenvalue weighted by molar-refractivity contribution is 7.90. The molecular formula is C13H16O4S. The Labute approximate surface area is 106 Å². The lowest BCUT2D eigenvalue weighted by atomic mass is 10.1. The van der Waals surface area contributed by atoms with Crippen LogP contribution in [0.15, 0.2) is 27.5 Å². The lowest BCUT2D eigenvalue weighted by Crippen LogP contribution is -1.98. The van der Waals surface area contributed by atoms with Crippen LogP contribution >= 0.6 is 0 Å². The van der Waals surface area contributed by atoms with Gasteiger partial charge in [0.15, 0.2) is 9.84 Å². The Bertz CT molecular complexity index is 680. The SMILES string of the molecule is CC(C)c1cc2cc(S(C)(=O)=O)cc(CO)c2o1. The van der Waals surface area contributed by atoms with Gasteiger partial charge in [-0.1, -0.05) is 13.8 Å². The highest BCUT2D eigenvalue weighted by atomic mass is 32.2. The molecule has 1 N–H and O–H groups in total. The molecule has 0 aliphatic heterocycles. The van der Waals surface area contributed by atoms with Gasteiger partial charge in [0.2, 0.25) is 0 Å². The highest BCUT2D eigenvalue weighted by Gasteiger charge is 2.16. The zero-order valence-corrected chi connectivity index (χ0v) is 11.4. The molecule has 0 aliphatic carbocycles. The first kappa shape index (κ1) is 13.1. The second-order valence-electron chi connectivity index (χ2n) is 4.73. The van der Waals surface area contributed by atoms with Crippen molar-refractivity contribution >= 4 is 20.8 Å². The molecule has 1 aromatic carbocycles. The van der Waals surface area contributed by atoms with Crippen LogP contribution in [0.2, 0.25) is 0 Å². The van der Waals surface area contributed by atoms with Gasteiger partial charge in [-0.3, -0.25) is 0 Å². The minimum absolute atomic E-state index is 0.204. The van der Waals surface area contributed by atoms with E-state index >= 15 is 0 Å². The molecule has 1 aromatic heterocycles. The zero-order valence-electron chi connectivity index (χ0n) is 10.6. The molecule has 0 atom stereocenters. The summed E-state index contributed by atoms with van der Waals surface area (Å²) in [5.74, 6) is 0.996. The summed E-state index contributed by atoms with van der Waals surface area (Å²) in [4.78, 5) is 0.204. The molecule has 2 rings (SSSR count). The fourth-order valence-corrected chi connectivity index (χ4v) is 2.53. The van der Waals surface area contributed by atoms with Crippen molar-refractivity contribution in [3.05, 3.63) is 29.5 Å². The van der Waals surface area contributed by atoms with E-state index in [9.17, 15) is 13.5 Å². The average molecular weight is 268 g/mol. The topological polar surface area (TPSA) is 67.5 Å². The number of rotatable bonds is 3. The van der Waals surface area contributed by atoms with Gasteiger partial charge in [-0.2, -0.15) is 0 Å². The van der Waals surface area contributed by atoms with E-state index in [0.29, 0.717) is 16.5 Å². The molecule has 4 nitrogen and oxygen atoms in total. The molecular weight excluding hydrogens is 252 g/mol. The van der Waals surface area contributed by atoms with Crippen LogP contribution in [0, 0.1) is 0 Å². The Morgan fingerprint density at radius 2 is 1.94 bits per heavy atom. The maximum absolute atomic E-state index is 11.6. The van der Waals surface area contributed by atoms with Gasteiger partial charge in [0, 0.05) is 23.1 Å². The third kappa shape index (κ3) is 2.28. The van der Waals surface area contributed by atoms with E-state index in [1.807, 2.05) is 19.9 Å². The quantitative estimate of drug-likeness (QED) is 0.928. The van der Waals surface area contributed by atoms with Gasteiger partial charge >= 0.3 is 0 Å². The number of aliphatic hydroxyl groups is 1. The van der Waals surface area contributed by atoms with Crippen LogP contribution in [0.25, 0.3) is 11.0 Å². The minimum atomic E-state index is -3.29. The van der Waals surface area contributed by atoms with E-state index in [0.717, 1.165) is 12.0 Å². The van der Waals surface area contributed by atoms with Gasteiger partial charge in [0.05, 0.1) is 11.5 Å². The predicted octanol–water partition coefficient (Wildman–Crippen LogP) is 2.45. The highest BCUT2D eigenvalue weighted by Crippen LogP contribution is 2.30. The molecule has 1 heterocycles. The van der Waals surface area contributed by atoms with Crippen LogP contribution in [0.4, 0.5) is 0 Å². The zero-order chi connectivity index (χ0) is 13.5. The minimum Gasteiger partial charge on any atom is -0.460 e. The third-order valence-electron chi connectivity index (χ3n) is 2.85. The third-order valence-corrected chi connectivity index (χ3v) is 3.95. The Kier molecular flexibility index (Phi) is 3.21. The Hall–Kier alpha value is -1.33. The van der Waals surface area contributed by atoms with Crippen LogP contribution in [0.5, 0.6) is 0 Å². The molecule has 0 bridgehead atoms. The number of hydrogen-bond acceptors (Lipinski definition) is 4. The van der Waals surface area contributed by atoms with Crippen LogP contribution in [-0.2, 0) is 16.4 Å². The van der Waals surface area contributed by atoms with Gasteiger partial charge in [-0.05, 0) is 18.2 Å². The Balaban J connectivity index is 2.76. The van der Waals surface area contributed by atoms with Gasteiger partial charge in [-0.25, -0.2) is 8.42 Å². The first-order valence-electron chi connectivity index (χ1n) is 5.70. The maximum Gasteiger partial charge on any atom is 0.175 e. The van der Waals surface area contributed by atoms with E-state index in [1.165, 1.54) is 6.07 Å². The van der Waals surface area contributed by atoms with E-state index in [1.54, 1.807) is 6.07 Å². The molecule has 0 saturated carbocycles. The lowest BCUT2D eigenvalue weighted by Gasteiger charge is -2.03. The summed E-state index contributed by atoms with van der Waals surface area (Å²) in [6.45, 7) is 3.74. The number of aliphatic hydroxyl groups excluding tert-OH is 1. The monoisotopic (exact) mass is 268 g/mol. The summed E-state index contributed by atoms with van der Waals surface area (Å²) < 4.78 is 28.8. The number of furan rings is 1. The summed E-state index contributed by atoms with van der Waals surface area (Å²) in [6, 6.07) is 4.87. The molecule has 98 valence electrons. The number of sulfone groups is 1. The predicted molar refractivity (Wildman–Crippen MR) is 69.3 cm³/mol. The van der Waals surface area contributed by atoms with E-state index in [4.69, 9.17) is 4.42 Å². The van der Waals surface area contributed by atoms with Crippen molar-refractivity contribution < 1.29 is 17.9 Å². The molecule has 0 spiro atoms. The number of fused-ring (bicyclic) bond motifs is 1. The van der Waals surface area contributed by atoms with Crippen LogP contribution < -0.4 is 0 Å². The summed E-state index contributed by atoms with van der Waals surface area (Å²) in [5.41, 5.74) is 1.06. The van der Waals surface area contributed by atoms with Crippen molar-refractivity contribution in [2.24, 2.45) is 0 Å². The van der Waals surface area contributed by atoms with Gasteiger partial charge < -0.3 is 9.52 Å². The molecule has 0 radical (unpaired) electrons. The smallest absolute Gasteiger partial charge is 0.175 e. The molecule has 2 aromatic rings. The fraction of sp³-hybridized carbons (Fsp3) is 0.385. The van der Waals surface area contributed by atoms with Crippen molar-refractivity contribution in [3.63, 3.8) is 0 Å². The van der Waals surface area contributed by atoms with Crippen LogP contribution in [0.1, 0.15) is 31.1 Å². The standard InChI is InChI=1S/C13H16O4S/c1-8(2)12-6-9-4-11(18(3,15)16)5-10(7-14)13(9)17-12/h4-6,8,14H,7H2,1-3H3. The average Bonchev–Trinajstić information content (AvgIpc) is 2.70. The van der Waals surface area contributed by atoms with Crippen molar-refractivity contribution in [2.75, 3.05) is 6.26 Å². The molecule has 18 heavy (non-hydrogen) atoms. The van der Waals surface area contributed by atoms with Gasteiger partial charge in [0.1, 0.15) is 11.3 Å². The van der Waals surface area contributed by atoms with Crippen LogP contribution in [-0.4, -0.2) is 19.8 Å². The molecule has 5 heteroatoms. The summed E-state index contributed by atoms with van der Waals surface area (Å²) in [5, 5.41) is 10.0. The first-order valence-corrected chi connectivity index (χ1v) is 7.59. The molecule has 0 amide bonds. The van der Waals surface area contributed by atoms with Crippen molar-refractivity contribution in [1.29, 1.82) is 0 Å². The summed E-state index contributed by atoms with van der Waals surface area (Å²) >= 11 is 0. The summed E-state index contributed by atoms with van der Waals surface area (Å²) in [7, 11) is -3.29. The van der Waals surface area contributed by atoms with Crippen molar-refractivity contribution in [1.82, 2.24) is 0 Å². The first-order chi connectivity index (χ1) is 8.32. The van der Waals surface area contributed by atoms with Gasteiger partial charge in [0.25, 0.3) is 0 Å². The molecule has 0 aliphatic rings. The van der Waals surface area contributed by atoms with E-state index < -0.39 is 9.84 Å². The second kappa shape index (κ2) is 4.40. The van der Waals surface area contributed by atoms with E-state index in [2.05, 4.69) is 0 Å². The van der Waals surface area contributed by atoms with Gasteiger partial charge in [-0.15, -0.1) is 0 Å². The summed E-state index contributed by atoms with van der Waals surface area (Å²) in [6.07, 6.45) is 1.15. The second-order valence-corrected chi connectivity index (χ2v) is 6.75. The molecule has 0 unspecified atom stereocenters. The Morgan fingerprint density at radius 1 is 1.28 bits per heavy atom. The normalized spacial score (nSPS) is 12.5. The lowest BCUT2D eigenvalue weighted by molar-refractivity contribution is 0.281. The maximum atomic E-state index is 11.6. The largest absolute Gasteiger partial charge is 0.460 e. The van der Waals surface area contributed by atoms with Crippen molar-refractivity contribution in [3.8, 4) is 0 Å². The Morgan fingerprint density at radius 3 is 2.44 bits per heavy atom. The van der Waals surface area contributed by atoms with Crippen molar-refractivity contribution in [2.45, 2.75) is 31.3 Å². The fourth-order valence-electron chi connectivity index (χ4n) is 1.83.